The monoisotopic (exact) mass is 461 g/mol. The van der Waals surface area contributed by atoms with Crippen LogP contribution in [0, 0.1) is 0 Å². The van der Waals surface area contributed by atoms with Crippen LogP contribution < -0.4 is 0 Å². The summed E-state index contributed by atoms with van der Waals surface area (Å²) in [5, 5.41) is 2.44. The van der Waals surface area contributed by atoms with Gasteiger partial charge in [0.2, 0.25) is 0 Å². The Morgan fingerprint density at radius 2 is 2.03 bits per heavy atom. The van der Waals surface area contributed by atoms with Gasteiger partial charge in [-0.2, -0.15) is 0 Å². The van der Waals surface area contributed by atoms with Crippen molar-refractivity contribution >= 4 is 39.8 Å². The third kappa shape index (κ3) is 4.87. The number of Topliss-reactive ketones (excluding diaryl/α,β-unsaturated/α-hetero) is 1. The van der Waals surface area contributed by atoms with Crippen LogP contribution in [0.15, 0.2) is 59.5 Å². The van der Waals surface area contributed by atoms with Gasteiger partial charge < -0.3 is 4.90 Å². The molecular formula is C24H23N5OS2. The minimum Gasteiger partial charge on any atom is -0.306 e. The van der Waals surface area contributed by atoms with Crippen molar-refractivity contribution in [1.82, 2.24) is 24.8 Å². The average molecular weight is 462 g/mol. The molecule has 5 rings (SSSR count). The smallest absolute Gasteiger partial charge is 0.168 e. The van der Waals surface area contributed by atoms with E-state index in [1.807, 2.05) is 30.5 Å². The molecule has 0 aromatic carbocycles. The molecule has 0 atom stereocenters. The molecule has 1 fully saturated rings. The lowest BCUT2D eigenvalue weighted by atomic mass is 10.1. The van der Waals surface area contributed by atoms with Crippen LogP contribution in [0.5, 0.6) is 0 Å². The van der Waals surface area contributed by atoms with E-state index in [-0.39, 0.29) is 12.2 Å². The van der Waals surface area contributed by atoms with Gasteiger partial charge in [-0.3, -0.25) is 14.8 Å². The number of carbonyl (C=O) groups is 1. The number of thiazole rings is 1. The van der Waals surface area contributed by atoms with Crippen molar-refractivity contribution in [3.05, 3.63) is 65.7 Å². The van der Waals surface area contributed by atoms with Gasteiger partial charge in [-0.05, 0) is 63.3 Å². The second-order valence-electron chi connectivity index (χ2n) is 8.03. The van der Waals surface area contributed by atoms with E-state index >= 15 is 0 Å². The van der Waals surface area contributed by atoms with Crippen molar-refractivity contribution in [2.45, 2.75) is 29.5 Å². The van der Waals surface area contributed by atoms with Gasteiger partial charge in [-0.15, -0.1) is 23.1 Å². The van der Waals surface area contributed by atoms with Gasteiger partial charge in [-0.25, -0.2) is 9.97 Å². The SMILES string of the molecule is CN1CCC(Sc2cc(C(=O)Cc3cc4nc(-c5cncs5)ccc4cn3)ccn2)CC1. The topological polar surface area (TPSA) is 71.9 Å². The number of thioether (sulfide) groups is 1. The molecule has 1 aliphatic rings. The first-order valence-corrected chi connectivity index (χ1v) is 12.4. The highest BCUT2D eigenvalue weighted by atomic mass is 32.2. The molecule has 0 saturated carbocycles. The number of rotatable bonds is 6. The zero-order chi connectivity index (χ0) is 21.9. The lowest BCUT2D eigenvalue weighted by Crippen LogP contribution is -2.31. The second kappa shape index (κ2) is 9.44. The molecule has 0 bridgehead atoms. The Balaban J connectivity index is 1.31. The van der Waals surface area contributed by atoms with Crippen LogP contribution in [0.1, 0.15) is 28.9 Å². The molecule has 0 N–H and O–H groups in total. The molecule has 162 valence electrons. The number of likely N-dealkylation sites (tertiary alicyclic amines) is 1. The number of ketones is 1. The van der Waals surface area contributed by atoms with Crippen molar-refractivity contribution in [1.29, 1.82) is 0 Å². The summed E-state index contributed by atoms with van der Waals surface area (Å²) in [7, 11) is 2.16. The summed E-state index contributed by atoms with van der Waals surface area (Å²) in [6, 6.07) is 9.61. The van der Waals surface area contributed by atoms with Crippen LogP contribution in [0.4, 0.5) is 0 Å². The van der Waals surface area contributed by atoms with E-state index in [0.29, 0.717) is 10.8 Å². The van der Waals surface area contributed by atoms with Crippen molar-refractivity contribution in [3.63, 3.8) is 0 Å². The number of aromatic nitrogens is 4. The Bertz CT molecular complexity index is 1240. The molecule has 4 aromatic rings. The first kappa shape index (κ1) is 21.2. The lowest BCUT2D eigenvalue weighted by molar-refractivity contribution is 0.0991. The van der Waals surface area contributed by atoms with Crippen molar-refractivity contribution in [2.75, 3.05) is 20.1 Å². The minimum atomic E-state index is 0.0445. The predicted octanol–water partition coefficient (Wildman–Crippen LogP) is 4.76. The average Bonchev–Trinajstić information content (AvgIpc) is 3.35. The van der Waals surface area contributed by atoms with Gasteiger partial charge in [0.1, 0.15) is 0 Å². The van der Waals surface area contributed by atoms with Crippen molar-refractivity contribution in [2.24, 2.45) is 0 Å². The van der Waals surface area contributed by atoms with E-state index in [1.54, 1.807) is 47.1 Å². The van der Waals surface area contributed by atoms with Crippen molar-refractivity contribution < 1.29 is 4.79 Å². The van der Waals surface area contributed by atoms with Gasteiger partial charge in [-0.1, -0.05) is 0 Å². The fraction of sp³-hybridized carbons (Fsp3) is 0.292. The Morgan fingerprint density at radius 1 is 1.16 bits per heavy atom. The van der Waals surface area contributed by atoms with Gasteiger partial charge in [0.15, 0.2) is 5.78 Å². The van der Waals surface area contributed by atoms with Gasteiger partial charge in [0.25, 0.3) is 0 Å². The van der Waals surface area contributed by atoms with Gasteiger partial charge in [0, 0.05) is 34.8 Å². The third-order valence-corrected chi connectivity index (χ3v) is 7.73. The molecule has 0 unspecified atom stereocenters. The predicted molar refractivity (Wildman–Crippen MR) is 129 cm³/mol. The number of hydrogen-bond donors (Lipinski definition) is 0. The normalized spacial score (nSPS) is 15.3. The summed E-state index contributed by atoms with van der Waals surface area (Å²) in [5.74, 6) is 0.0445. The zero-order valence-corrected chi connectivity index (χ0v) is 19.4. The van der Waals surface area contributed by atoms with Crippen LogP contribution >= 0.6 is 23.1 Å². The number of piperidine rings is 1. The maximum Gasteiger partial charge on any atom is 0.168 e. The van der Waals surface area contributed by atoms with Gasteiger partial charge >= 0.3 is 0 Å². The molecule has 0 radical (unpaired) electrons. The first-order chi connectivity index (χ1) is 15.6. The lowest BCUT2D eigenvalue weighted by Gasteiger charge is -2.28. The Hall–Kier alpha value is -2.68. The summed E-state index contributed by atoms with van der Waals surface area (Å²) < 4.78 is 0. The van der Waals surface area contributed by atoms with Crippen LogP contribution in [-0.2, 0) is 6.42 Å². The molecule has 0 aliphatic carbocycles. The van der Waals surface area contributed by atoms with Crippen LogP contribution in [-0.4, -0.2) is 56.0 Å². The van der Waals surface area contributed by atoms with Crippen LogP contribution in [0.2, 0.25) is 0 Å². The molecule has 0 spiro atoms. The van der Waals surface area contributed by atoms with E-state index in [0.717, 1.165) is 58.1 Å². The zero-order valence-electron chi connectivity index (χ0n) is 17.8. The number of carbonyl (C=O) groups excluding carboxylic acids is 1. The number of nitrogens with zero attached hydrogens (tertiary/aromatic N) is 5. The Kier molecular flexibility index (Phi) is 6.25. The molecule has 1 saturated heterocycles. The maximum atomic E-state index is 13.0. The molecule has 32 heavy (non-hydrogen) atoms. The number of fused-ring (bicyclic) bond motifs is 1. The second-order valence-corrected chi connectivity index (χ2v) is 10.2. The number of hydrogen-bond acceptors (Lipinski definition) is 8. The van der Waals surface area contributed by atoms with Crippen molar-refractivity contribution in [3.8, 4) is 10.6 Å². The van der Waals surface area contributed by atoms with Gasteiger partial charge in [0.05, 0.1) is 38.7 Å². The summed E-state index contributed by atoms with van der Waals surface area (Å²) in [4.78, 5) is 34.2. The van der Waals surface area contributed by atoms with E-state index in [4.69, 9.17) is 4.98 Å². The number of pyridine rings is 3. The Labute approximate surface area is 195 Å². The van der Waals surface area contributed by atoms with E-state index in [9.17, 15) is 4.79 Å². The van der Waals surface area contributed by atoms with E-state index < -0.39 is 0 Å². The summed E-state index contributed by atoms with van der Waals surface area (Å²) >= 11 is 3.34. The Morgan fingerprint density at radius 3 is 2.84 bits per heavy atom. The summed E-state index contributed by atoms with van der Waals surface area (Å²) in [6.07, 6.45) is 7.88. The molecule has 4 aromatic heterocycles. The highest BCUT2D eigenvalue weighted by molar-refractivity contribution is 7.99. The fourth-order valence-electron chi connectivity index (χ4n) is 3.82. The van der Waals surface area contributed by atoms with E-state index in [2.05, 4.69) is 26.9 Å². The molecule has 6 nitrogen and oxygen atoms in total. The van der Waals surface area contributed by atoms with E-state index in [1.165, 1.54) is 0 Å². The summed E-state index contributed by atoms with van der Waals surface area (Å²) in [5.41, 5.74) is 4.92. The molecule has 1 aliphatic heterocycles. The quantitative estimate of drug-likeness (QED) is 0.383. The molecule has 8 heteroatoms. The fourth-order valence-corrected chi connectivity index (χ4v) is 5.52. The molecule has 0 amide bonds. The molecule has 5 heterocycles. The largest absolute Gasteiger partial charge is 0.306 e. The highest BCUT2D eigenvalue weighted by Crippen LogP contribution is 2.29. The maximum absolute atomic E-state index is 13.0. The standard InChI is InChI=1S/C24H23N5OS2/c1-29-8-5-19(6-9-29)32-24-10-16(4-7-26-24)22(30)12-18-11-21-17(13-27-18)2-3-20(28-21)23-14-25-15-31-23/h2-4,7,10-11,13-15,19H,5-6,8-9,12H2,1H3. The minimum absolute atomic E-state index is 0.0445. The highest BCUT2D eigenvalue weighted by Gasteiger charge is 2.19. The first-order valence-electron chi connectivity index (χ1n) is 10.6. The van der Waals surface area contributed by atoms with Crippen LogP contribution in [0.3, 0.4) is 0 Å². The summed E-state index contributed by atoms with van der Waals surface area (Å²) in [6.45, 7) is 2.23. The molecular weight excluding hydrogens is 438 g/mol. The third-order valence-electron chi connectivity index (χ3n) is 5.67. The van der Waals surface area contributed by atoms with Crippen LogP contribution in [0.25, 0.3) is 21.5 Å².